The molecule has 9 heteroatoms. The van der Waals surface area contributed by atoms with Crippen LogP contribution >= 0.6 is 0 Å². The Morgan fingerprint density at radius 3 is 2.20 bits per heavy atom. The van der Waals surface area contributed by atoms with Gasteiger partial charge in [0.2, 0.25) is 11.8 Å². The Hall–Kier alpha value is -4.71. The van der Waals surface area contributed by atoms with Crippen molar-refractivity contribution in [2.75, 3.05) is 16.8 Å². The number of aromatic nitrogens is 1. The molecule has 35 heavy (non-hydrogen) atoms. The van der Waals surface area contributed by atoms with Crippen molar-refractivity contribution in [2.24, 2.45) is 0 Å². The van der Waals surface area contributed by atoms with Gasteiger partial charge >= 0.3 is 5.97 Å². The molecule has 3 amide bonds. The van der Waals surface area contributed by atoms with Gasteiger partial charge in [0, 0.05) is 24.2 Å². The monoisotopic (exact) mass is 470 g/mol. The smallest absolute Gasteiger partial charge is 0.338 e. The van der Waals surface area contributed by atoms with Gasteiger partial charge in [-0.05, 0) is 55.8 Å². The van der Waals surface area contributed by atoms with Crippen molar-refractivity contribution < 1.29 is 23.9 Å². The average molecular weight is 470 g/mol. The number of nitriles is 1. The Morgan fingerprint density at radius 2 is 1.60 bits per heavy atom. The van der Waals surface area contributed by atoms with Gasteiger partial charge in [-0.2, -0.15) is 5.26 Å². The van der Waals surface area contributed by atoms with Gasteiger partial charge in [-0.3, -0.25) is 23.9 Å². The highest BCUT2D eigenvalue weighted by molar-refractivity contribution is 6.19. The summed E-state index contributed by atoms with van der Waals surface area (Å²) >= 11 is 0. The number of carbonyl (C=O) groups is 4. The van der Waals surface area contributed by atoms with E-state index in [9.17, 15) is 24.4 Å². The van der Waals surface area contributed by atoms with Gasteiger partial charge in [0.1, 0.15) is 11.9 Å². The van der Waals surface area contributed by atoms with Gasteiger partial charge < -0.3 is 10.1 Å². The standard InChI is InChI=1S/C26H22N4O5/c1-16-17(2)29(19-6-4-3-5-7-19)25(21(16)14-27)28-22(31)15-35-26(34)18-8-10-20(11-9-18)30-23(32)12-13-24(30)33/h3-11H,12-13,15H2,1-2H3,(H,28,31). The summed E-state index contributed by atoms with van der Waals surface area (Å²) in [6, 6.07) is 17.2. The topological polar surface area (TPSA) is 122 Å². The minimum absolute atomic E-state index is 0.165. The number of imide groups is 1. The predicted octanol–water partition coefficient (Wildman–Crippen LogP) is 3.41. The number of para-hydroxylation sites is 1. The third kappa shape index (κ3) is 4.54. The van der Waals surface area contributed by atoms with Crippen LogP contribution in [0.4, 0.5) is 11.5 Å². The lowest BCUT2D eigenvalue weighted by Gasteiger charge is -2.14. The molecular formula is C26H22N4O5. The second kappa shape index (κ2) is 9.65. The Labute approximate surface area is 201 Å². The van der Waals surface area contributed by atoms with Gasteiger partial charge in [0.15, 0.2) is 6.61 Å². The molecule has 1 N–H and O–H groups in total. The van der Waals surface area contributed by atoms with E-state index >= 15 is 0 Å². The van der Waals surface area contributed by atoms with Gasteiger partial charge in [-0.1, -0.05) is 18.2 Å². The number of amides is 3. The lowest BCUT2D eigenvalue weighted by Crippen LogP contribution is -2.28. The fourth-order valence-electron chi connectivity index (χ4n) is 3.95. The van der Waals surface area contributed by atoms with Crippen molar-refractivity contribution in [3.63, 3.8) is 0 Å². The number of nitrogens with zero attached hydrogens (tertiary/aromatic N) is 3. The Morgan fingerprint density at radius 1 is 0.971 bits per heavy atom. The summed E-state index contributed by atoms with van der Waals surface area (Å²) in [6.07, 6.45) is 0.329. The van der Waals surface area contributed by atoms with Crippen LogP contribution in [0.3, 0.4) is 0 Å². The number of carbonyl (C=O) groups excluding carboxylic acids is 4. The molecule has 0 unspecified atom stereocenters. The zero-order chi connectivity index (χ0) is 25.1. The number of hydrogen-bond donors (Lipinski definition) is 1. The zero-order valence-electron chi connectivity index (χ0n) is 19.2. The lowest BCUT2D eigenvalue weighted by atomic mass is 10.2. The van der Waals surface area contributed by atoms with E-state index in [1.165, 1.54) is 24.3 Å². The first-order valence-electron chi connectivity index (χ1n) is 10.9. The van der Waals surface area contributed by atoms with Crippen molar-refractivity contribution in [1.29, 1.82) is 5.26 Å². The maximum Gasteiger partial charge on any atom is 0.338 e. The average Bonchev–Trinajstić information content (AvgIpc) is 3.32. The first-order valence-corrected chi connectivity index (χ1v) is 10.9. The minimum Gasteiger partial charge on any atom is -0.452 e. The van der Waals surface area contributed by atoms with E-state index in [1.54, 1.807) is 11.5 Å². The number of hydrogen-bond acceptors (Lipinski definition) is 6. The Bertz CT molecular complexity index is 1350. The molecule has 0 spiro atoms. The second-order valence-electron chi connectivity index (χ2n) is 8.01. The molecule has 1 aromatic heterocycles. The van der Waals surface area contributed by atoms with E-state index < -0.39 is 18.5 Å². The molecule has 1 saturated heterocycles. The molecule has 0 aliphatic carbocycles. The molecular weight excluding hydrogens is 448 g/mol. The van der Waals surface area contributed by atoms with Crippen molar-refractivity contribution >= 4 is 35.2 Å². The van der Waals surface area contributed by atoms with Crippen LogP contribution in [0, 0.1) is 25.2 Å². The molecule has 1 aliphatic heterocycles. The summed E-state index contributed by atoms with van der Waals surface area (Å²) in [7, 11) is 0. The highest BCUT2D eigenvalue weighted by atomic mass is 16.5. The third-order valence-corrected chi connectivity index (χ3v) is 5.84. The van der Waals surface area contributed by atoms with Crippen molar-refractivity contribution in [2.45, 2.75) is 26.7 Å². The highest BCUT2D eigenvalue weighted by Gasteiger charge is 2.30. The first kappa shape index (κ1) is 23.4. The normalized spacial score (nSPS) is 13.0. The van der Waals surface area contributed by atoms with Crippen LogP contribution < -0.4 is 10.2 Å². The van der Waals surface area contributed by atoms with E-state index in [4.69, 9.17) is 4.74 Å². The summed E-state index contributed by atoms with van der Waals surface area (Å²) < 4.78 is 6.91. The molecule has 4 rings (SSSR count). The highest BCUT2D eigenvalue weighted by Crippen LogP contribution is 2.30. The molecule has 0 saturated carbocycles. The third-order valence-electron chi connectivity index (χ3n) is 5.84. The van der Waals surface area contributed by atoms with Crippen molar-refractivity contribution in [1.82, 2.24) is 4.57 Å². The van der Waals surface area contributed by atoms with Crippen LogP contribution in [-0.2, 0) is 19.1 Å². The number of nitrogens with one attached hydrogen (secondary N) is 1. The molecule has 3 aromatic rings. The van der Waals surface area contributed by atoms with Crippen LogP contribution in [0.2, 0.25) is 0 Å². The number of anilines is 2. The largest absolute Gasteiger partial charge is 0.452 e. The quantitative estimate of drug-likeness (QED) is 0.435. The molecule has 9 nitrogen and oxygen atoms in total. The van der Waals surface area contributed by atoms with Crippen LogP contribution in [0.25, 0.3) is 5.69 Å². The molecule has 2 aromatic carbocycles. The zero-order valence-corrected chi connectivity index (χ0v) is 19.2. The summed E-state index contributed by atoms with van der Waals surface area (Å²) in [5, 5.41) is 12.3. The van der Waals surface area contributed by atoms with Gasteiger partial charge in [0.25, 0.3) is 5.91 Å². The summed E-state index contributed by atoms with van der Waals surface area (Å²) in [4.78, 5) is 49.9. The summed E-state index contributed by atoms with van der Waals surface area (Å²) in [5.74, 6) is -1.61. The Balaban J connectivity index is 1.45. The van der Waals surface area contributed by atoms with Crippen LogP contribution in [0.5, 0.6) is 0 Å². The van der Waals surface area contributed by atoms with Crippen LogP contribution in [0.15, 0.2) is 54.6 Å². The van der Waals surface area contributed by atoms with Crippen molar-refractivity contribution in [3.05, 3.63) is 77.0 Å². The van der Waals surface area contributed by atoms with Gasteiger partial charge in [-0.25, -0.2) is 4.79 Å². The molecule has 0 radical (unpaired) electrons. The van der Waals surface area contributed by atoms with E-state index in [1.807, 2.05) is 37.3 Å². The fourth-order valence-corrected chi connectivity index (χ4v) is 3.95. The Kier molecular flexibility index (Phi) is 6.46. The molecule has 0 bridgehead atoms. The number of ether oxygens (including phenoxy) is 1. The van der Waals surface area contributed by atoms with Crippen LogP contribution in [-0.4, -0.2) is 34.9 Å². The maximum atomic E-state index is 12.6. The van der Waals surface area contributed by atoms with Crippen molar-refractivity contribution in [3.8, 4) is 11.8 Å². The van der Waals surface area contributed by atoms with Gasteiger partial charge in [0.05, 0.1) is 16.8 Å². The molecule has 2 heterocycles. The molecule has 176 valence electrons. The number of rotatable bonds is 6. The van der Waals surface area contributed by atoms with Crippen LogP contribution in [0.1, 0.15) is 40.0 Å². The molecule has 0 atom stereocenters. The van der Waals surface area contributed by atoms with Gasteiger partial charge in [-0.15, -0.1) is 0 Å². The van der Waals surface area contributed by atoms with E-state index in [2.05, 4.69) is 11.4 Å². The molecule has 1 fully saturated rings. The SMILES string of the molecule is Cc1c(C#N)c(NC(=O)COC(=O)c2ccc(N3C(=O)CCC3=O)cc2)n(-c2ccccc2)c1C. The van der Waals surface area contributed by atoms with E-state index in [0.29, 0.717) is 17.1 Å². The first-order chi connectivity index (χ1) is 16.8. The molecule has 1 aliphatic rings. The summed E-state index contributed by atoms with van der Waals surface area (Å²) in [5.41, 5.74) is 3.18. The summed E-state index contributed by atoms with van der Waals surface area (Å²) in [6.45, 7) is 3.09. The number of esters is 1. The minimum atomic E-state index is -0.739. The predicted molar refractivity (Wildman–Crippen MR) is 127 cm³/mol. The fraction of sp³-hybridized carbons (Fsp3) is 0.192. The number of benzene rings is 2. The van der Waals surface area contributed by atoms with E-state index in [-0.39, 0.29) is 30.2 Å². The lowest BCUT2D eigenvalue weighted by molar-refractivity contribution is -0.121. The van der Waals surface area contributed by atoms with E-state index in [0.717, 1.165) is 21.8 Å². The second-order valence-corrected chi connectivity index (χ2v) is 8.01. The maximum absolute atomic E-state index is 12.6.